The van der Waals surface area contributed by atoms with Crippen LogP contribution in [-0.4, -0.2) is 57.0 Å². The minimum absolute atomic E-state index is 0.180. The van der Waals surface area contributed by atoms with Gasteiger partial charge in [-0.25, -0.2) is 4.39 Å². The Hall–Kier alpha value is -0.680. The van der Waals surface area contributed by atoms with E-state index in [4.69, 9.17) is 4.74 Å². The lowest BCUT2D eigenvalue weighted by Gasteiger charge is -2.18. The molecule has 0 aromatic heterocycles. The van der Waals surface area contributed by atoms with Crippen LogP contribution in [0.25, 0.3) is 0 Å². The molecule has 100 valence electrons. The molecule has 0 aromatic carbocycles. The number of alkyl halides is 1. The van der Waals surface area contributed by atoms with Crippen LogP contribution in [0.1, 0.15) is 25.7 Å². The number of likely N-dealkylation sites (N-methyl/N-ethyl adjacent to an activating group) is 1. The molecule has 5 heteroatoms. The van der Waals surface area contributed by atoms with Gasteiger partial charge in [0.05, 0.1) is 13.7 Å². The molecule has 1 heterocycles. The monoisotopic (exact) mass is 247 g/mol. The smallest absolute Gasteiger partial charge is 0.305 e. The summed E-state index contributed by atoms with van der Waals surface area (Å²) in [5, 5.41) is 0. The van der Waals surface area contributed by atoms with Gasteiger partial charge in [0.2, 0.25) is 0 Å². The summed E-state index contributed by atoms with van der Waals surface area (Å²) in [5.41, 5.74) is 0. The van der Waals surface area contributed by atoms with Crippen molar-refractivity contribution >= 4 is 5.97 Å². The van der Waals surface area contributed by atoms with Crippen molar-refractivity contribution in [1.82, 2.24) is 4.90 Å². The van der Waals surface area contributed by atoms with Crippen LogP contribution < -0.4 is 0 Å². The first kappa shape index (κ1) is 14.4. The predicted molar refractivity (Wildman–Crippen MR) is 62.6 cm³/mol. The van der Waals surface area contributed by atoms with E-state index < -0.39 is 6.17 Å². The number of likely N-dealkylation sites (tertiary alicyclic amines) is 1. The Morgan fingerprint density at radius 1 is 1.47 bits per heavy atom. The van der Waals surface area contributed by atoms with Crippen LogP contribution in [0.2, 0.25) is 0 Å². The molecule has 0 unspecified atom stereocenters. The van der Waals surface area contributed by atoms with E-state index in [1.54, 1.807) is 0 Å². The summed E-state index contributed by atoms with van der Waals surface area (Å²) in [7, 11) is 3.31. The van der Waals surface area contributed by atoms with E-state index in [9.17, 15) is 9.18 Å². The van der Waals surface area contributed by atoms with E-state index in [0.717, 1.165) is 12.8 Å². The van der Waals surface area contributed by atoms with E-state index in [2.05, 4.69) is 4.74 Å². The lowest BCUT2D eigenvalue weighted by atomic mass is 10.2. The van der Waals surface area contributed by atoms with Gasteiger partial charge in [0.15, 0.2) is 0 Å². The van der Waals surface area contributed by atoms with Crippen molar-refractivity contribution in [1.29, 1.82) is 0 Å². The molecule has 1 aliphatic heterocycles. The molecule has 4 nitrogen and oxygen atoms in total. The van der Waals surface area contributed by atoms with Crippen LogP contribution in [0.4, 0.5) is 4.39 Å². The van der Waals surface area contributed by atoms with E-state index in [-0.39, 0.29) is 12.0 Å². The van der Waals surface area contributed by atoms with Gasteiger partial charge in [-0.15, -0.1) is 0 Å². The third-order valence-electron chi connectivity index (χ3n) is 3.09. The van der Waals surface area contributed by atoms with Crippen LogP contribution in [0.15, 0.2) is 0 Å². The Morgan fingerprint density at radius 2 is 2.24 bits per heavy atom. The van der Waals surface area contributed by atoms with E-state index >= 15 is 0 Å². The first-order valence-electron chi connectivity index (χ1n) is 6.12. The fourth-order valence-corrected chi connectivity index (χ4v) is 2.00. The predicted octanol–water partition coefficient (Wildman–Crippen LogP) is 1.39. The number of methoxy groups -OCH3 is 1. The molecule has 2 atom stereocenters. The van der Waals surface area contributed by atoms with Crippen molar-refractivity contribution in [2.24, 2.45) is 0 Å². The Morgan fingerprint density at radius 3 is 2.82 bits per heavy atom. The molecule has 1 fully saturated rings. The first-order chi connectivity index (χ1) is 8.13. The SMILES string of the molecule is COC(=O)CCCCOC[C@@H]1C[C@H](F)CN1C. The maximum atomic E-state index is 13.0. The quantitative estimate of drug-likeness (QED) is 0.503. The number of rotatable bonds is 7. The molecule has 17 heavy (non-hydrogen) atoms. The highest BCUT2D eigenvalue weighted by atomic mass is 19.1. The van der Waals surface area contributed by atoms with E-state index in [0.29, 0.717) is 32.6 Å². The van der Waals surface area contributed by atoms with Crippen LogP contribution >= 0.6 is 0 Å². The molecule has 0 aliphatic carbocycles. The second kappa shape index (κ2) is 7.61. The molecule has 0 spiro atoms. The fourth-order valence-electron chi connectivity index (χ4n) is 2.00. The molecule has 0 aromatic rings. The van der Waals surface area contributed by atoms with Crippen LogP contribution in [0.3, 0.4) is 0 Å². The molecule has 0 amide bonds. The van der Waals surface area contributed by atoms with Gasteiger partial charge in [-0.1, -0.05) is 0 Å². The molecular formula is C12H22FNO3. The summed E-state index contributed by atoms with van der Waals surface area (Å²) in [6.07, 6.45) is 1.91. The number of ether oxygens (including phenoxy) is 2. The molecule has 1 aliphatic rings. The van der Waals surface area contributed by atoms with Crippen molar-refractivity contribution in [2.45, 2.75) is 37.9 Å². The molecule has 0 saturated carbocycles. The Labute approximate surface area is 102 Å². The summed E-state index contributed by atoms with van der Waals surface area (Å²) < 4.78 is 23.1. The van der Waals surface area contributed by atoms with Crippen molar-refractivity contribution in [3.8, 4) is 0 Å². The van der Waals surface area contributed by atoms with Gasteiger partial charge in [0.1, 0.15) is 6.17 Å². The maximum absolute atomic E-state index is 13.0. The zero-order valence-electron chi connectivity index (χ0n) is 10.7. The van der Waals surface area contributed by atoms with Crippen LogP contribution in [0.5, 0.6) is 0 Å². The summed E-state index contributed by atoms with van der Waals surface area (Å²) in [6.45, 7) is 1.71. The summed E-state index contributed by atoms with van der Waals surface area (Å²) in [4.78, 5) is 12.8. The van der Waals surface area contributed by atoms with E-state index in [1.165, 1.54) is 7.11 Å². The molecule has 0 N–H and O–H groups in total. The number of carbonyl (C=O) groups excluding carboxylic acids is 1. The van der Waals surface area contributed by atoms with Crippen LogP contribution in [-0.2, 0) is 14.3 Å². The fraction of sp³-hybridized carbons (Fsp3) is 0.917. The van der Waals surface area contributed by atoms with Crippen LogP contribution in [0, 0.1) is 0 Å². The number of nitrogens with zero attached hydrogens (tertiary/aromatic N) is 1. The zero-order valence-corrected chi connectivity index (χ0v) is 10.7. The van der Waals surface area contributed by atoms with Gasteiger partial charge in [-0.3, -0.25) is 9.69 Å². The standard InChI is InChI=1S/C12H22FNO3/c1-14-8-10(13)7-11(14)9-17-6-4-3-5-12(15)16-2/h10-11H,3-9H2,1-2H3/t10-,11-/m0/s1. The highest BCUT2D eigenvalue weighted by molar-refractivity contribution is 5.68. The maximum Gasteiger partial charge on any atom is 0.305 e. The molecule has 0 bridgehead atoms. The van der Waals surface area contributed by atoms with Gasteiger partial charge in [0.25, 0.3) is 0 Å². The average Bonchev–Trinajstić information content (AvgIpc) is 2.62. The lowest BCUT2D eigenvalue weighted by Crippen LogP contribution is -2.29. The van der Waals surface area contributed by atoms with Gasteiger partial charge in [0, 0.05) is 25.6 Å². The second-order valence-electron chi connectivity index (χ2n) is 4.53. The largest absolute Gasteiger partial charge is 0.469 e. The number of hydrogen-bond donors (Lipinski definition) is 0. The molecule has 1 rings (SSSR count). The highest BCUT2D eigenvalue weighted by Crippen LogP contribution is 2.18. The number of esters is 1. The average molecular weight is 247 g/mol. The summed E-state index contributed by atoms with van der Waals surface area (Å²) in [5.74, 6) is -0.180. The molecule has 0 radical (unpaired) electrons. The minimum atomic E-state index is -0.715. The Balaban J connectivity index is 1.96. The van der Waals surface area contributed by atoms with Gasteiger partial charge < -0.3 is 9.47 Å². The lowest BCUT2D eigenvalue weighted by molar-refractivity contribution is -0.140. The van der Waals surface area contributed by atoms with Crippen molar-refractivity contribution in [3.63, 3.8) is 0 Å². The summed E-state index contributed by atoms with van der Waals surface area (Å²) >= 11 is 0. The van der Waals surface area contributed by atoms with Crippen molar-refractivity contribution in [3.05, 3.63) is 0 Å². The van der Waals surface area contributed by atoms with Gasteiger partial charge >= 0.3 is 5.97 Å². The second-order valence-corrected chi connectivity index (χ2v) is 4.53. The number of hydrogen-bond acceptors (Lipinski definition) is 4. The minimum Gasteiger partial charge on any atom is -0.469 e. The topological polar surface area (TPSA) is 38.8 Å². The van der Waals surface area contributed by atoms with Crippen molar-refractivity contribution < 1.29 is 18.7 Å². The van der Waals surface area contributed by atoms with E-state index in [1.807, 2.05) is 11.9 Å². The first-order valence-corrected chi connectivity index (χ1v) is 6.12. The number of halogens is 1. The zero-order chi connectivity index (χ0) is 12.7. The van der Waals surface area contributed by atoms with Gasteiger partial charge in [-0.05, 0) is 26.3 Å². The third kappa shape index (κ3) is 5.46. The Bertz CT molecular complexity index is 238. The normalized spacial score (nSPS) is 25.1. The highest BCUT2D eigenvalue weighted by Gasteiger charge is 2.28. The van der Waals surface area contributed by atoms with Crippen molar-refractivity contribution in [2.75, 3.05) is 33.9 Å². The van der Waals surface area contributed by atoms with Gasteiger partial charge in [-0.2, -0.15) is 0 Å². The summed E-state index contributed by atoms with van der Waals surface area (Å²) in [6, 6.07) is 0.200. The molecular weight excluding hydrogens is 225 g/mol. The molecule has 1 saturated heterocycles. The Kier molecular flexibility index (Phi) is 6.44. The number of unbranched alkanes of at least 4 members (excludes halogenated alkanes) is 1. The number of carbonyl (C=O) groups is 1. The third-order valence-corrected chi connectivity index (χ3v) is 3.09.